The number of nitrogens with one attached hydrogen (secondary N) is 1. The van der Waals surface area contributed by atoms with E-state index in [9.17, 15) is 25.9 Å². The van der Waals surface area contributed by atoms with E-state index in [2.05, 4.69) is 16.9 Å². The Balaban J connectivity index is 0.00000684. The topological polar surface area (TPSA) is 137 Å². The summed E-state index contributed by atoms with van der Waals surface area (Å²) in [5, 5.41) is -0.991. The number of nitrogens with zero attached hydrogens (tertiary/aromatic N) is 1. The second-order valence-electron chi connectivity index (χ2n) is 9.99. The molecule has 3 N–H and O–H groups in total. The average molecular weight is 584 g/mol. The molecule has 0 bridgehead atoms. The zero-order valence-corrected chi connectivity index (χ0v) is 27.6. The van der Waals surface area contributed by atoms with E-state index < -0.39 is 25.5 Å². The van der Waals surface area contributed by atoms with Gasteiger partial charge < -0.3 is 4.98 Å². The molecule has 1 heterocycles. The first-order chi connectivity index (χ1) is 17.0. The molecule has 2 aromatic rings. The molecule has 1 unspecified atom stereocenters. The number of fused-ring (bicyclic) bond motifs is 1. The number of aromatic amines is 1. The molecule has 11 heteroatoms. The normalized spacial score (nSPS) is 13.1. The molecule has 37 heavy (non-hydrogen) atoms. The van der Waals surface area contributed by atoms with Gasteiger partial charge in [-0.3, -0.25) is 9.11 Å². The Labute approximate surface area is 266 Å². The van der Waals surface area contributed by atoms with Crippen LogP contribution in [-0.2, 0) is 33.1 Å². The van der Waals surface area contributed by atoms with Crippen molar-refractivity contribution in [2.75, 3.05) is 0 Å². The summed E-state index contributed by atoms with van der Waals surface area (Å²) in [5.74, 6) is 0.740. The maximum atomic E-state index is 11.7. The quantitative estimate of drug-likeness (QED) is 0.101. The summed E-state index contributed by atoms with van der Waals surface area (Å²) in [6.07, 6.45) is 17.6. The van der Waals surface area contributed by atoms with E-state index in [-0.39, 0.29) is 69.1 Å². The van der Waals surface area contributed by atoms with Crippen LogP contribution in [0.4, 0.5) is 0 Å². The molecule has 207 valence electrons. The number of unbranched alkanes of at least 4 members (excludes halogenated alkanes) is 12. The van der Waals surface area contributed by atoms with Gasteiger partial charge in [0.05, 0.1) is 21.2 Å². The van der Waals surface area contributed by atoms with Crippen LogP contribution in [0.2, 0.25) is 0 Å². The van der Waals surface area contributed by atoms with Crippen LogP contribution >= 0.6 is 0 Å². The minimum Gasteiger partial charge on any atom is -0.342 e. The van der Waals surface area contributed by atoms with Gasteiger partial charge >= 0.3 is 0 Å². The summed E-state index contributed by atoms with van der Waals surface area (Å²) in [6, 6.07) is 2.66. The number of benzene rings is 1. The van der Waals surface area contributed by atoms with Crippen molar-refractivity contribution in [3.8, 4) is 0 Å². The fourth-order valence-corrected chi connectivity index (χ4v) is 5.46. The Bertz CT molecular complexity index is 1150. The average Bonchev–Trinajstić information content (AvgIpc) is 3.22. The largest absolute Gasteiger partial charge is 0.342 e. The monoisotopic (exact) mass is 583 g/mol. The number of hydrogen-bond donors (Lipinski definition) is 3. The summed E-state index contributed by atoms with van der Waals surface area (Å²) in [7, 11) is -8.62. The number of aromatic nitrogens is 2. The van der Waals surface area contributed by atoms with Crippen LogP contribution < -0.4 is 0 Å². The molecule has 0 amide bonds. The predicted octanol–water partition coefficient (Wildman–Crippen LogP) is 6.27. The summed E-state index contributed by atoms with van der Waals surface area (Å²) in [6.45, 7) is 3.64. The summed E-state index contributed by atoms with van der Waals surface area (Å²) in [5.41, 5.74) is 1.60. The Morgan fingerprint density at radius 3 is 1.81 bits per heavy atom. The van der Waals surface area contributed by atoms with Crippen molar-refractivity contribution in [1.82, 2.24) is 9.97 Å². The fourth-order valence-electron chi connectivity index (χ4n) is 4.49. The second kappa shape index (κ2) is 17.8. The van der Waals surface area contributed by atoms with Gasteiger partial charge in [0.15, 0.2) is 0 Å². The number of aryl methyl sites for hydroxylation is 2. The van der Waals surface area contributed by atoms with Crippen LogP contribution in [0.5, 0.6) is 0 Å². The molecular weight excluding hydrogens is 540 g/mol. The SMILES string of the molecule is CCCCCCCCCCCCCCCc1nc2cc(S(=O)(=O)O)cc(CCC(C)S(=O)(=O)O)c2[nH]1.[K]. The third kappa shape index (κ3) is 13.4. The Morgan fingerprint density at radius 1 is 0.811 bits per heavy atom. The molecule has 1 radical (unpaired) electrons. The van der Waals surface area contributed by atoms with Gasteiger partial charge in [0, 0.05) is 57.8 Å². The Kier molecular flexibility index (Phi) is 16.9. The van der Waals surface area contributed by atoms with Crippen molar-refractivity contribution in [1.29, 1.82) is 0 Å². The first-order valence-electron chi connectivity index (χ1n) is 13.5. The first kappa shape index (κ1) is 35.2. The number of hydrogen-bond acceptors (Lipinski definition) is 5. The number of rotatable bonds is 19. The van der Waals surface area contributed by atoms with Crippen LogP contribution in [-0.4, -0.2) is 92.5 Å². The van der Waals surface area contributed by atoms with E-state index in [0.29, 0.717) is 16.6 Å². The molecule has 2 rings (SSSR count). The van der Waals surface area contributed by atoms with E-state index in [1.54, 1.807) is 0 Å². The molecule has 1 aromatic heterocycles. The summed E-state index contributed by atoms with van der Waals surface area (Å²) >= 11 is 0. The number of imidazole rings is 1. The molecule has 0 aliphatic rings. The first-order valence-corrected chi connectivity index (χ1v) is 16.4. The van der Waals surface area contributed by atoms with E-state index in [0.717, 1.165) is 25.1 Å². The van der Waals surface area contributed by atoms with Crippen molar-refractivity contribution >= 4 is 82.7 Å². The maximum absolute atomic E-state index is 11.7. The fraction of sp³-hybridized carbons (Fsp3) is 0.731. The predicted molar refractivity (Wildman–Crippen MR) is 150 cm³/mol. The van der Waals surface area contributed by atoms with Gasteiger partial charge in [-0.1, -0.05) is 84.0 Å². The zero-order chi connectivity index (χ0) is 26.6. The minimum absolute atomic E-state index is 0. The Morgan fingerprint density at radius 2 is 1.32 bits per heavy atom. The summed E-state index contributed by atoms with van der Waals surface area (Å²) in [4.78, 5) is 7.49. The van der Waals surface area contributed by atoms with Crippen molar-refractivity contribution in [3.05, 3.63) is 23.5 Å². The molecule has 0 saturated heterocycles. The van der Waals surface area contributed by atoms with Crippen molar-refractivity contribution in [2.24, 2.45) is 0 Å². The molecular formula is C26H44KN2O6S2. The van der Waals surface area contributed by atoms with Crippen molar-refractivity contribution in [2.45, 2.75) is 127 Å². The van der Waals surface area contributed by atoms with E-state index in [4.69, 9.17) is 0 Å². The van der Waals surface area contributed by atoms with Gasteiger partial charge in [-0.15, -0.1) is 0 Å². The molecule has 0 aliphatic heterocycles. The van der Waals surface area contributed by atoms with Crippen LogP contribution in [0.25, 0.3) is 11.0 Å². The van der Waals surface area contributed by atoms with Crippen molar-refractivity contribution in [3.63, 3.8) is 0 Å². The molecule has 0 fully saturated rings. The van der Waals surface area contributed by atoms with Crippen LogP contribution in [0.1, 0.15) is 115 Å². The molecule has 1 aromatic carbocycles. The smallest absolute Gasteiger partial charge is 0.294 e. The van der Waals surface area contributed by atoms with Gasteiger partial charge in [0.1, 0.15) is 5.82 Å². The zero-order valence-electron chi connectivity index (χ0n) is 22.8. The van der Waals surface area contributed by atoms with E-state index in [1.807, 2.05) is 0 Å². The Hall–Kier alpha value is 0.146. The molecule has 0 saturated carbocycles. The molecule has 0 aliphatic carbocycles. The third-order valence-electron chi connectivity index (χ3n) is 6.84. The van der Waals surface area contributed by atoms with Gasteiger partial charge in [-0.25, -0.2) is 4.98 Å². The van der Waals surface area contributed by atoms with Crippen LogP contribution in [0.3, 0.4) is 0 Å². The third-order valence-corrected chi connectivity index (χ3v) is 8.93. The van der Waals surface area contributed by atoms with Gasteiger partial charge in [-0.2, -0.15) is 16.8 Å². The van der Waals surface area contributed by atoms with Crippen molar-refractivity contribution < 1.29 is 25.9 Å². The van der Waals surface area contributed by atoms with Crippen LogP contribution in [0.15, 0.2) is 17.0 Å². The van der Waals surface area contributed by atoms with E-state index in [1.165, 1.54) is 89.7 Å². The van der Waals surface area contributed by atoms with E-state index >= 15 is 0 Å². The summed E-state index contributed by atoms with van der Waals surface area (Å²) < 4.78 is 64.9. The van der Waals surface area contributed by atoms with Gasteiger partial charge in [-0.05, 0) is 43.9 Å². The second-order valence-corrected chi connectivity index (χ2v) is 13.2. The maximum Gasteiger partial charge on any atom is 0.294 e. The molecule has 1 atom stereocenters. The standard InChI is InChI=1S/C26H44N2O6S2.K/c1-3-4-5-6-7-8-9-10-11-12-13-14-15-16-25-27-24-20-23(36(32,33)34)19-22(26(24)28-25)18-17-21(2)35(29,30)31;/h19-21H,3-18H2,1-2H3,(H,27,28)(H,29,30,31)(H,32,33,34);. The van der Waals surface area contributed by atoms with Crippen LogP contribution in [0, 0.1) is 0 Å². The molecule has 0 spiro atoms. The number of H-pyrrole nitrogens is 1. The van der Waals surface area contributed by atoms with Gasteiger partial charge in [0.2, 0.25) is 0 Å². The minimum atomic E-state index is -4.44. The molecule has 8 nitrogen and oxygen atoms in total. The van der Waals surface area contributed by atoms with Gasteiger partial charge in [0.25, 0.3) is 20.2 Å².